The van der Waals surface area contributed by atoms with Crippen molar-refractivity contribution in [3.05, 3.63) is 52.8 Å². The zero-order valence-corrected chi connectivity index (χ0v) is 9.24. The van der Waals surface area contributed by atoms with Crippen LogP contribution in [0.4, 0.5) is 0 Å². The summed E-state index contributed by atoms with van der Waals surface area (Å²) in [5.41, 5.74) is 5.65. The molecule has 0 radical (unpaired) electrons. The van der Waals surface area contributed by atoms with Gasteiger partial charge in [-0.1, -0.05) is 17.7 Å². The van der Waals surface area contributed by atoms with Crippen LogP contribution in [0.15, 0.2) is 30.5 Å². The Morgan fingerprint density at radius 3 is 2.56 bits per heavy atom. The number of benzene rings is 1. The first-order valence-electron chi connectivity index (χ1n) is 5.29. The second-order valence-electron chi connectivity index (χ2n) is 4.25. The zero-order chi connectivity index (χ0) is 11.3. The van der Waals surface area contributed by atoms with E-state index in [0.29, 0.717) is 0 Å². The molecule has 0 fully saturated rings. The molecule has 0 amide bonds. The number of aryl methyl sites for hydroxylation is 2. The quantitative estimate of drug-likeness (QED) is 0.569. The van der Waals surface area contributed by atoms with Gasteiger partial charge in [0.25, 0.3) is 0 Å². The predicted octanol–water partition coefficient (Wildman–Crippen LogP) is 2.91. The Morgan fingerprint density at radius 1 is 0.938 bits per heavy atom. The molecule has 1 aliphatic rings. The molecule has 2 heteroatoms. The van der Waals surface area contributed by atoms with Crippen LogP contribution in [0, 0.1) is 13.8 Å². The van der Waals surface area contributed by atoms with Crippen molar-refractivity contribution in [3.8, 4) is 11.1 Å². The Balaban J connectivity index is 2.36. The molecule has 0 N–H and O–H groups in total. The molecule has 1 aliphatic carbocycles. The van der Waals surface area contributed by atoms with Crippen molar-refractivity contribution in [2.75, 3.05) is 0 Å². The van der Waals surface area contributed by atoms with E-state index in [2.05, 4.69) is 4.98 Å². The number of nitrogens with zero attached hydrogens (tertiary/aromatic N) is 1. The van der Waals surface area contributed by atoms with Crippen molar-refractivity contribution in [1.82, 2.24) is 4.98 Å². The van der Waals surface area contributed by atoms with E-state index >= 15 is 0 Å². The standard InChI is InChI=1S/C14H11NO/c1-8-3-4-10-11-6-9(2)15-7-13(11)14(16)12(10)5-8/h3-7H,1-2H3. The molecule has 0 spiro atoms. The third kappa shape index (κ3) is 1.13. The monoisotopic (exact) mass is 209 g/mol. The first-order chi connectivity index (χ1) is 7.66. The average Bonchev–Trinajstić information content (AvgIpc) is 2.52. The summed E-state index contributed by atoms with van der Waals surface area (Å²) in [5, 5.41) is 0. The number of rotatable bonds is 0. The Bertz CT molecular complexity index is 614. The molecule has 2 aromatic rings. The van der Waals surface area contributed by atoms with Crippen molar-refractivity contribution >= 4 is 5.78 Å². The summed E-state index contributed by atoms with van der Waals surface area (Å²) in [7, 11) is 0. The molecular formula is C14H11NO. The van der Waals surface area contributed by atoms with Crippen LogP contribution in [0.5, 0.6) is 0 Å². The Labute approximate surface area is 94.0 Å². The van der Waals surface area contributed by atoms with Crippen molar-refractivity contribution < 1.29 is 4.79 Å². The van der Waals surface area contributed by atoms with Gasteiger partial charge in [0.05, 0.1) is 0 Å². The van der Waals surface area contributed by atoms with Crippen molar-refractivity contribution in [3.63, 3.8) is 0 Å². The van der Waals surface area contributed by atoms with Gasteiger partial charge in [-0.25, -0.2) is 0 Å². The normalized spacial score (nSPS) is 12.5. The molecular weight excluding hydrogens is 198 g/mol. The number of carbonyl (C=O) groups excluding carboxylic acids is 1. The highest BCUT2D eigenvalue weighted by molar-refractivity contribution is 6.21. The number of hydrogen-bond acceptors (Lipinski definition) is 2. The number of fused-ring (bicyclic) bond motifs is 3. The first-order valence-corrected chi connectivity index (χ1v) is 5.29. The second-order valence-corrected chi connectivity index (χ2v) is 4.25. The molecule has 1 aromatic carbocycles. The van der Waals surface area contributed by atoms with Crippen LogP contribution in [-0.2, 0) is 0 Å². The van der Waals surface area contributed by atoms with Gasteiger partial charge in [-0.15, -0.1) is 0 Å². The smallest absolute Gasteiger partial charge is 0.195 e. The van der Waals surface area contributed by atoms with Gasteiger partial charge < -0.3 is 0 Å². The van der Waals surface area contributed by atoms with E-state index in [4.69, 9.17) is 0 Å². The van der Waals surface area contributed by atoms with E-state index in [0.717, 1.165) is 33.5 Å². The molecule has 16 heavy (non-hydrogen) atoms. The summed E-state index contributed by atoms with van der Waals surface area (Å²) in [6.07, 6.45) is 1.68. The maximum absolute atomic E-state index is 12.1. The number of carbonyl (C=O) groups is 1. The van der Waals surface area contributed by atoms with Gasteiger partial charge in [0, 0.05) is 23.0 Å². The van der Waals surface area contributed by atoms with Gasteiger partial charge in [-0.3, -0.25) is 9.78 Å². The van der Waals surface area contributed by atoms with E-state index in [1.165, 1.54) is 0 Å². The van der Waals surface area contributed by atoms with Gasteiger partial charge in [-0.05, 0) is 37.1 Å². The average molecular weight is 209 g/mol. The lowest BCUT2D eigenvalue weighted by atomic mass is 10.0. The lowest BCUT2D eigenvalue weighted by Gasteiger charge is -2.00. The van der Waals surface area contributed by atoms with E-state index in [1.807, 2.05) is 38.1 Å². The van der Waals surface area contributed by atoms with Crippen molar-refractivity contribution in [2.24, 2.45) is 0 Å². The topological polar surface area (TPSA) is 30.0 Å². The Hall–Kier alpha value is -1.96. The number of aromatic nitrogens is 1. The summed E-state index contributed by atoms with van der Waals surface area (Å²) in [5.74, 6) is 0.0983. The van der Waals surface area contributed by atoms with Crippen LogP contribution in [0.1, 0.15) is 27.2 Å². The molecule has 0 atom stereocenters. The first kappa shape index (κ1) is 9.28. The van der Waals surface area contributed by atoms with Crippen LogP contribution < -0.4 is 0 Å². The SMILES string of the molecule is Cc1ccc2c(c1)C(=O)c1cnc(C)cc1-2. The molecule has 0 unspecified atom stereocenters. The minimum Gasteiger partial charge on any atom is -0.289 e. The molecule has 0 saturated carbocycles. The molecule has 3 rings (SSSR count). The van der Waals surface area contributed by atoms with E-state index < -0.39 is 0 Å². The highest BCUT2D eigenvalue weighted by Crippen LogP contribution is 2.36. The predicted molar refractivity (Wildman–Crippen MR) is 62.6 cm³/mol. The van der Waals surface area contributed by atoms with Gasteiger partial charge in [0.2, 0.25) is 0 Å². The summed E-state index contributed by atoms with van der Waals surface area (Å²) in [4.78, 5) is 16.3. The minimum absolute atomic E-state index is 0.0983. The van der Waals surface area contributed by atoms with Gasteiger partial charge >= 0.3 is 0 Å². The fourth-order valence-electron chi connectivity index (χ4n) is 2.19. The third-order valence-electron chi connectivity index (χ3n) is 3.00. The second kappa shape index (κ2) is 3.01. The highest BCUT2D eigenvalue weighted by atomic mass is 16.1. The van der Waals surface area contributed by atoms with Crippen LogP contribution in [0.25, 0.3) is 11.1 Å². The van der Waals surface area contributed by atoms with Crippen LogP contribution in [-0.4, -0.2) is 10.8 Å². The number of ketones is 1. The van der Waals surface area contributed by atoms with Crippen LogP contribution in [0.2, 0.25) is 0 Å². The van der Waals surface area contributed by atoms with Crippen molar-refractivity contribution in [1.29, 1.82) is 0 Å². The molecule has 1 aromatic heterocycles. The molecule has 78 valence electrons. The Morgan fingerprint density at radius 2 is 1.75 bits per heavy atom. The van der Waals surface area contributed by atoms with Crippen LogP contribution >= 0.6 is 0 Å². The van der Waals surface area contributed by atoms with Crippen LogP contribution in [0.3, 0.4) is 0 Å². The number of pyridine rings is 1. The van der Waals surface area contributed by atoms with E-state index in [9.17, 15) is 4.79 Å². The molecule has 2 nitrogen and oxygen atoms in total. The maximum Gasteiger partial charge on any atom is 0.195 e. The zero-order valence-electron chi connectivity index (χ0n) is 9.24. The lowest BCUT2D eigenvalue weighted by Crippen LogP contribution is -1.96. The van der Waals surface area contributed by atoms with Gasteiger partial charge in [0.15, 0.2) is 5.78 Å². The van der Waals surface area contributed by atoms with E-state index in [-0.39, 0.29) is 5.78 Å². The maximum atomic E-state index is 12.1. The summed E-state index contributed by atoms with van der Waals surface area (Å²) >= 11 is 0. The summed E-state index contributed by atoms with van der Waals surface area (Å²) in [6, 6.07) is 7.99. The largest absolute Gasteiger partial charge is 0.289 e. The summed E-state index contributed by atoms with van der Waals surface area (Å²) in [6.45, 7) is 3.94. The third-order valence-corrected chi connectivity index (χ3v) is 3.00. The molecule has 0 aliphatic heterocycles. The molecule has 0 bridgehead atoms. The fraction of sp³-hybridized carbons (Fsp3) is 0.143. The lowest BCUT2D eigenvalue weighted by molar-refractivity contribution is 0.104. The van der Waals surface area contributed by atoms with E-state index in [1.54, 1.807) is 6.20 Å². The minimum atomic E-state index is 0.0983. The Kier molecular flexibility index (Phi) is 1.75. The van der Waals surface area contributed by atoms with Gasteiger partial charge in [0.1, 0.15) is 0 Å². The molecule has 1 heterocycles. The highest BCUT2D eigenvalue weighted by Gasteiger charge is 2.26. The fourth-order valence-corrected chi connectivity index (χ4v) is 2.19. The van der Waals surface area contributed by atoms with Crippen molar-refractivity contribution in [2.45, 2.75) is 13.8 Å². The van der Waals surface area contributed by atoms with Gasteiger partial charge in [-0.2, -0.15) is 0 Å². The molecule has 0 saturated heterocycles. The summed E-state index contributed by atoms with van der Waals surface area (Å²) < 4.78 is 0. The number of hydrogen-bond donors (Lipinski definition) is 0.